The summed E-state index contributed by atoms with van der Waals surface area (Å²) in [4.78, 5) is 0. The normalized spacial score (nSPS) is 12.8. The first-order chi connectivity index (χ1) is 5.58. The van der Waals surface area contributed by atoms with Crippen LogP contribution in [-0.2, 0) is 16.6 Å². The Hall–Kier alpha value is -0.540. The van der Waals surface area contributed by atoms with E-state index in [0.717, 1.165) is 5.56 Å². The van der Waals surface area contributed by atoms with Crippen LogP contribution < -0.4 is 5.73 Å². The summed E-state index contributed by atoms with van der Waals surface area (Å²) in [6.45, 7) is 0. The molecule has 4 heteroatoms. The summed E-state index contributed by atoms with van der Waals surface area (Å²) in [5.74, 6) is 0.505. The number of nitrogen functional groups attached to an aromatic ring is 1. The lowest BCUT2D eigenvalue weighted by molar-refractivity contribution is 0.686. The molecule has 0 saturated carbocycles. The van der Waals surface area contributed by atoms with E-state index in [4.69, 9.17) is 17.3 Å². The van der Waals surface area contributed by atoms with Crippen LogP contribution in [0, 0.1) is 0 Å². The third-order valence-corrected chi connectivity index (χ3v) is 2.31. The first-order valence-electron chi connectivity index (χ1n) is 3.43. The molecule has 0 radical (unpaired) electrons. The Labute approximate surface area is 79.2 Å². The zero-order chi connectivity index (χ0) is 9.14. The zero-order valence-corrected chi connectivity index (χ0v) is 8.28. The number of hydrogen-bond donors (Lipinski definition) is 1. The molecule has 1 aromatic rings. The van der Waals surface area contributed by atoms with Gasteiger partial charge in [0, 0.05) is 33.5 Å². The van der Waals surface area contributed by atoms with E-state index in [9.17, 15) is 4.21 Å². The van der Waals surface area contributed by atoms with Crippen molar-refractivity contribution < 1.29 is 4.21 Å². The van der Waals surface area contributed by atoms with Gasteiger partial charge in [0.15, 0.2) is 0 Å². The quantitative estimate of drug-likeness (QED) is 0.745. The van der Waals surface area contributed by atoms with Gasteiger partial charge in [0.2, 0.25) is 0 Å². The van der Waals surface area contributed by atoms with E-state index < -0.39 is 10.8 Å². The lowest BCUT2D eigenvalue weighted by atomic mass is 10.2. The molecule has 0 aliphatic rings. The van der Waals surface area contributed by atoms with Gasteiger partial charge in [-0.2, -0.15) is 0 Å². The van der Waals surface area contributed by atoms with Crippen molar-refractivity contribution in [2.75, 3.05) is 12.0 Å². The average Bonchev–Trinajstić information content (AvgIpc) is 1.81. The summed E-state index contributed by atoms with van der Waals surface area (Å²) in [7, 11) is -0.847. The Morgan fingerprint density at radius 1 is 1.50 bits per heavy atom. The van der Waals surface area contributed by atoms with Crippen LogP contribution in [0.2, 0.25) is 5.02 Å². The van der Waals surface area contributed by atoms with Gasteiger partial charge in [-0.05, 0) is 23.8 Å². The molecule has 0 aromatic heterocycles. The fourth-order valence-electron chi connectivity index (χ4n) is 0.993. The second-order valence-electron chi connectivity index (χ2n) is 2.61. The highest BCUT2D eigenvalue weighted by Crippen LogP contribution is 2.17. The minimum absolute atomic E-state index is 0.505. The Kier molecular flexibility index (Phi) is 3.12. The number of benzene rings is 1. The van der Waals surface area contributed by atoms with Gasteiger partial charge in [0.05, 0.1) is 0 Å². The molecule has 1 aromatic carbocycles. The lowest BCUT2D eigenvalue weighted by Gasteiger charge is -2.00. The summed E-state index contributed by atoms with van der Waals surface area (Å²) >= 11 is 5.75. The van der Waals surface area contributed by atoms with Gasteiger partial charge in [0.25, 0.3) is 0 Å². The number of nitrogens with two attached hydrogens (primary N) is 1. The van der Waals surface area contributed by atoms with Gasteiger partial charge < -0.3 is 5.73 Å². The van der Waals surface area contributed by atoms with Gasteiger partial charge in [-0.15, -0.1) is 0 Å². The van der Waals surface area contributed by atoms with Gasteiger partial charge in [-0.3, -0.25) is 4.21 Å². The molecular formula is C8H10ClNOS. The van der Waals surface area contributed by atoms with Crippen LogP contribution in [0.1, 0.15) is 5.56 Å². The largest absolute Gasteiger partial charge is 0.399 e. The van der Waals surface area contributed by atoms with Gasteiger partial charge in [0.1, 0.15) is 0 Å². The van der Waals surface area contributed by atoms with Crippen LogP contribution in [-0.4, -0.2) is 10.5 Å². The van der Waals surface area contributed by atoms with Crippen molar-refractivity contribution in [3.8, 4) is 0 Å². The van der Waals surface area contributed by atoms with E-state index >= 15 is 0 Å². The Morgan fingerprint density at radius 2 is 2.17 bits per heavy atom. The van der Waals surface area contributed by atoms with Gasteiger partial charge in [-0.25, -0.2) is 0 Å². The SMILES string of the molecule is C[S@@](=O)Cc1cc(N)cc(Cl)c1. The van der Waals surface area contributed by atoms with E-state index in [1.165, 1.54) is 0 Å². The van der Waals surface area contributed by atoms with Crippen LogP contribution in [0.15, 0.2) is 18.2 Å². The third kappa shape index (κ3) is 2.83. The third-order valence-electron chi connectivity index (χ3n) is 1.35. The van der Waals surface area contributed by atoms with Gasteiger partial charge in [-0.1, -0.05) is 11.6 Å². The van der Waals surface area contributed by atoms with Crippen LogP contribution in [0.3, 0.4) is 0 Å². The second-order valence-corrected chi connectivity index (χ2v) is 4.48. The van der Waals surface area contributed by atoms with E-state index in [-0.39, 0.29) is 0 Å². The van der Waals surface area contributed by atoms with Crippen molar-refractivity contribution in [2.45, 2.75) is 5.75 Å². The number of halogens is 1. The summed E-state index contributed by atoms with van der Waals surface area (Å²) in [5, 5.41) is 0.593. The summed E-state index contributed by atoms with van der Waals surface area (Å²) in [6.07, 6.45) is 1.65. The second kappa shape index (κ2) is 3.92. The average molecular weight is 204 g/mol. The summed E-state index contributed by atoms with van der Waals surface area (Å²) in [6, 6.07) is 5.23. The minimum Gasteiger partial charge on any atom is -0.399 e. The molecule has 0 unspecified atom stereocenters. The number of hydrogen-bond acceptors (Lipinski definition) is 2. The molecular weight excluding hydrogens is 194 g/mol. The maximum atomic E-state index is 10.9. The standard InChI is InChI=1S/C8H10ClNOS/c1-12(11)5-6-2-7(9)4-8(10)3-6/h2-4H,5,10H2,1H3/t12-/m1/s1. The monoisotopic (exact) mass is 203 g/mol. The van der Waals surface area contributed by atoms with Crippen molar-refractivity contribution >= 4 is 28.1 Å². The zero-order valence-electron chi connectivity index (χ0n) is 6.71. The molecule has 0 aliphatic carbocycles. The van der Waals surface area contributed by atoms with Crippen molar-refractivity contribution in [3.05, 3.63) is 28.8 Å². The molecule has 66 valence electrons. The fourth-order valence-corrected chi connectivity index (χ4v) is 1.90. The molecule has 0 spiro atoms. The molecule has 2 N–H and O–H groups in total. The van der Waals surface area contributed by atoms with Crippen molar-refractivity contribution in [3.63, 3.8) is 0 Å². The highest BCUT2D eigenvalue weighted by atomic mass is 35.5. The van der Waals surface area contributed by atoms with E-state index in [0.29, 0.717) is 16.5 Å². The van der Waals surface area contributed by atoms with Crippen LogP contribution in [0.5, 0.6) is 0 Å². The Balaban J connectivity index is 2.93. The summed E-state index contributed by atoms with van der Waals surface area (Å²) < 4.78 is 10.9. The predicted octanol–water partition coefficient (Wildman–Crippen LogP) is 1.80. The molecule has 0 aliphatic heterocycles. The topological polar surface area (TPSA) is 43.1 Å². The maximum Gasteiger partial charge on any atom is 0.0484 e. The van der Waals surface area contributed by atoms with Crippen molar-refractivity contribution in [2.24, 2.45) is 0 Å². The van der Waals surface area contributed by atoms with E-state index in [1.54, 1.807) is 24.5 Å². The van der Waals surface area contributed by atoms with Crippen LogP contribution >= 0.6 is 11.6 Å². The highest BCUT2D eigenvalue weighted by Gasteiger charge is 1.99. The number of anilines is 1. The fraction of sp³-hybridized carbons (Fsp3) is 0.250. The Morgan fingerprint density at radius 3 is 2.67 bits per heavy atom. The first kappa shape index (κ1) is 9.55. The van der Waals surface area contributed by atoms with Crippen molar-refractivity contribution in [1.29, 1.82) is 0 Å². The van der Waals surface area contributed by atoms with E-state index in [1.807, 2.05) is 0 Å². The van der Waals surface area contributed by atoms with Crippen LogP contribution in [0.4, 0.5) is 5.69 Å². The van der Waals surface area contributed by atoms with E-state index in [2.05, 4.69) is 0 Å². The van der Waals surface area contributed by atoms with Crippen LogP contribution in [0.25, 0.3) is 0 Å². The molecule has 0 fully saturated rings. The molecule has 0 bridgehead atoms. The molecule has 0 heterocycles. The first-order valence-corrected chi connectivity index (χ1v) is 5.53. The highest BCUT2D eigenvalue weighted by molar-refractivity contribution is 7.83. The number of rotatable bonds is 2. The molecule has 0 saturated heterocycles. The maximum absolute atomic E-state index is 10.9. The molecule has 1 atom stereocenters. The molecule has 2 nitrogen and oxygen atoms in total. The summed E-state index contributed by atoms with van der Waals surface area (Å²) in [5.41, 5.74) is 7.08. The Bertz CT molecular complexity index is 294. The molecule has 12 heavy (non-hydrogen) atoms. The molecule has 1 rings (SSSR count). The molecule has 0 amide bonds. The predicted molar refractivity (Wildman–Crippen MR) is 53.6 cm³/mol. The van der Waals surface area contributed by atoms with Gasteiger partial charge >= 0.3 is 0 Å². The lowest BCUT2D eigenvalue weighted by Crippen LogP contribution is -1.94. The smallest absolute Gasteiger partial charge is 0.0484 e. The van der Waals surface area contributed by atoms with Crippen molar-refractivity contribution in [1.82, 2.24) is 0 Å². The minimum atomic E-state index is -0.847.